The van der Waals surface area contributed by atoms with Crippen LogP contribution in [-0.2, 0) is 28.9 Å². The summed E-state index contributed by atoms with van der Waals surface area (Å²) in [6, 6.07) is 10.6. The van der Waals surface area contributed by atoms with E-state index in [1.54, 1.807) is 39.7 Å². The first-order valence-electron chi connectivity index (χ1n) is 13.3. The highest BCUT2D eigenvalue weighted by atomic mass is 32.2. The molecule has 0 saturated carbocycles. The number of halogens is 1. The first kappa shape index (κ1) is 27.5. The van der Waals surface area contributed by atoms with Crippen molar-refractivity contribution in [2.75, 3.05) is 31.5 Å². The lowest BCUT2D eigenvalue weighted by Crippen LogP contribution is -2.59. The number of benzene rings is 2. The number of likely N-dealkylation sites (tertiary alicyclic amines) is 1. The van der Waals surface area contributed by atoms with E-state index in [1.165, 1.54) is 18.2 Å². The Morgan fingerprint density at radius 1 is 0.974 bits per heavy atom. The molecule has 2 fully saturated rings. The Balaban J connectivity index is 1.23. The van der Waals surface area contributed by atoms with Crippen molar-refractivity contribution in [3.63, 3.8) is 0 Å². The third kappa shape index (κ3) is 5.15. The maximum absolute atomic E-state index is 13.9. The minimum atomic E-state index is -3.86. The number of aromatic nitrogens is 2. The predicted molar refractivity (Wildman–Crippen MR) is 149 cm³/mol. The van der Waals surface area contributed by atoms with E-state index in [0.29, 0.717) is 31.7 Å². The second kappa shape index (κ2) is 9.87. The molecule has 0 bridgehead atoms. The topological polar surface area (TPSA) is 96.7 Å². The van der Waals surface area contributed by atoms with Crippen LogP contribution in [0, 0.1) is 11.2 Å². The van der Waals surface area contributed by atoms with Crippen molar-refractivity contribution >= 4 is 32.7 Å². The van der Waals surface area contributed by atoms with Crippen LogP contribution in [0.3, 0.4) is 0 Å². The number of fused-ring (bicyclic) bond motifs is 1. The molecular weight excluding hydrogens is 521 g/mol. The summed E-state index contributed by atoms with van der Waals surface area (Å²) in [6.07, 6.45) is 3.19. The van der Waals surface area contributed by atoms with E-state index in [4.69, 9.17) is 0 Å². The lowest BCUT2D eigenvalue weighted by atomic mass is 9.69. The van der Waals surface area contributed by atoms with Crippen LogP contribution in [0.4, 0.5) is 10.1 Å². The summed E-state index contributed by atoms with van der Waals surface area (Å²) >= 11 is 0. The van der Waals surface area contributed by atoms with E-state index < -0.39 is 21.4 Å². The van der Waals surface area contributed by atoms with E-state index in [-0.39, 0.29) is 28.5 Å². The van der Waals surface area contributed by atoms with Crippen molar-refractivity contribution in [3.05, 3.63) is 58.8 Å². The van der Waals surface area contributed by atoms with Gasteiger partial charge in [0.2, 0.25) is 15.9 Å². The fourth-order valence-corrected chi connectivity index (χ4v) is 7.99. The summed E-state index contributed by atoms with van der Waals surface area (Å²) in [4.78, 5) is 27.1. The highest BCUT2D eigenvalue weighted by Gasteiger charge is 2.49. The number of nitrogens with one attached hydrogen (secondary N) is 1. The zero-order valence-corrected chi connectivity index (χ0v) is 23.7. The van der Waals surface area contributed by atoms with Gasteiger partial charge >= 0.3 is 5.69 Å². The third-order valence-corrected chi connectivity index (χ3v) is 10.7. The lowest BCUT2D eigenvalue weighted by Gasteiger charge is -2.53. The predicted octanol–water partition coefficient (Wildman–Crippen LogP) is 3.30. The molecule has 3 heterocycles. The fraction of sp³-hybridized carbons (Fsp3) is 0.500. The van der Waals surface area contributed by atoms with Crippen molar-refractivity contribution < 1.29 is 17.6 Å². The number of hydrogen-bond donors (Lipinski definition) is 1. The van der Waals surface area contributed by atoms with Crippen LogP contribution >= 0.6 is 0 Å². The second-order valence-electron chi connectivity index (χ2n) is 11.7. The molecule has 39 heavy (non-hydrogen) atoms. The normalized spacial score (nSPS) is 19.9. The number of amides is 1. The Morgan fingerprint density at radius 2 is 1.67 bits per heavy atom. The summed E-state index contributed by atoms with van der Waals surface area (Å²) < 4.78 is 45.7. The zero-order chi connectivity index (χ0) is 28.2. The number of piperidine rings is 2. The van der Waals surface area contributed by atoms with E-state index in [0.717, 1.165) is 36.4 Å². The average Bonchev–Trinajstić information content (AvgIpc) is 3.10. The molecule has 0 atom stereocenters. The minimum absolute atomic E-state index is 0.0181. The molecule has 1 aromatic heterocycles. The van der Waals surface area contributed by atoms with Crippen LogP contribution in [-0.4, -0.2) is 64.4 Å². The Kier molecular flexibility index (Phi) is 6.97. The lowest BCUT2D eigenvalue weighted by molar-refractivity contribution is -0.118. The fourth-order valence-electron chi connectivity index (χ4n) is 6.04. The second-order valence-corrected chi connectivity index (χ2v) is 13.6. The number of aryl methyl sites for hydroxylation is 2. The van der Waals surface area contributed by atoms with Crippen molar-refractivity contribution in [2.45, 2.75) is 50.0 Å². The van der Waals surface area contributed by atoms with E-state index in [1.807, 2.05) is 19.9 Å². The van der Waals surface area contributed by atoms with Gasteiger partial charge in [-0.15, -0.1) is 0 Å². The molecule has 9 nitrogen and oxygen atoms in total. The summed E-state index contributed by atoms with van der Waals surface area (Å²) in [6.45, 7) is 5.86. The van der Waals surface area contributed by atoms with Gasteiger partial charge in [0.15, 0.2) is 0 Å². The third-order valence-electron chi connectivity index (χ3n) is 8.65. The molecule has 2 aliphatic rings. The van der Waals surface area contributed by atoms with Crippen molar-refractivity contribution in [1.82, 2.24) is 18.3 Å². The number of nitrogens with zero attached hydrogens (tertiary/aromatic N) is 4. The Hall–Kier alpha value is -3.02. The first-order valence-corrected chi connectivity index (χ1v) is 14.7. The van der Waals surface area contributed by atoms with E-state index in [9.17, 15) is 22.4 Å². The van der Waals surface area contributed by atoms with Gasteiger partial charge in [-0.2, -0.15) is 4.31 Å². The van der Waals surface area contributed by atoms with Crippen LogP contribution in [0.15, 0.2) is 52.2 Å². The molecule has 1 spiro atoms. The van der Waals surface area contributed by atoms with Crippen molar-refractivity contribution in [3.8, 4) is 0 Å². The summed E-state index contributed by atoms with van der Waals surface area (Å²) in [5.41, 5.74) is 1.31. The van der Waals surface area contributed by atoms with Gasteiger partial charge in [-0.25, -0.2) is 17.6 Å². The quantitative estimate of drug-likeness (QED) is 0.519. The Bertz CT molecular complexity index is 1580. The maximum Gasteiger partial charge on any atom is 0.328 e. The smallest absolute Gasteiger partial charge is 0.325 e. The molecule has 2 saturated heterocycles. The molecule has 0 aliphatic carbocycles. The van der Waals surface area contributed by atoms with Crippen molar-refractivity contribution in [2.24, 2.45) is 19.5 Å². The molecule has 210 valence electrons. The largest absolute Gasteiger partial charge is 0.328 e. The molecule has 1 N–H and O–H groups in total. The summed E-state index contributed by atoms with van der Waals surface area (Å²) in [5.74, 6) is -0.703. The molecule has 2 aromatic carbocycles. The molecule has 2 aliphatic heterocycles. The Labute approximate surface area is 228 Å². The number of hydrogen-bond acceptors (Lipinski definition) is 5. The standard InChI is InChI=1S/C28H36FN5O4S/c1-27(2)10-11-28(19-34(27)39(37,38)22-7-5-6-20(29)16-22)12-14-33(15-13-28)18-25(35)30-21-8-9-23-24(17-21)32(4)26(36)31(23)3/h5-9,16-17H,10-15,18-19H2,1-4H3,(H,30,35). The van der Waals surface area contributed by atoms with Gasteiger partial charge < -0.3 is 5.32 Å². The summed E-state index contributed by atoms with van der Waals surface area (Å²) in [5, 5.41) is 2.95. The maximum atomic E-state index is 13.9. The first-order chi connectivity index (χ1) is 18.3. The van der Waals surface area contributed by atoms with E-state index in [2.05, 4.69) is 10.2 Å². The number of rotatable bonds is 5. The molecule has 0 unspecified atom stereocenters. The van der Waals surface area contributed by atoms with Crippen LogP contribution < -0.4 is 11.0 Å². The van der Waals surface area contributed by atoms with Gasteiger partial charge in [0.05, 0.1) is 22.5 Å². The number of carbonyl (C=O) groups is 1. The van der Waals surface area contributed by atoms with Gasteiger partial charge in [0.25, 0.3) is 0 Å². The number of carbonyl (C=O) groups excluding carboxylic acids is 1. The monoisotopic (exact) mass is 557 g/mol. The molecule has 5 rings (SSSR count). The van der Waals surface area contributed by atoms with Gasteiger partial charge in [0, 0.05) is 31.9 Å². The van der Waals surface area contributed by atoms with Crippen LogP contribution in [0.1, 0.15) is 39.5 Å². The number of imidazole rings is 1. The van der Waals surface area contributed by atoms with Crippen LogP contribution in [0.2, 0.25) is 0 Å². The molecular formula is C28H36FN5O4S. The SMILES string of the molecule is Cn1c(=O)n(C)c2cc(NC(=O)CN3CCC4(CC3)CCC(C)(C)N(S(=O)(=O)c3cccc(F)c3)C4)ccc21. The van der Waals surface area contributed by atoms with Gasteiger partial charge in [0.1, 0.15) is 5.82 Å². The van der Waals surface area contributed by atoms with Gasteiger partial charge in [-0.3, -0.25) is 18.8 Å². The number of sulfonamides is 1. The van der Waals surface area contributed by atoms with Crippen LogP contribution in [0.25, 0.3) is 11.0 Å². The molecule has 11 heteroatoms. The highest BCUT2D eigenvalue weighted by molar-refractivity contribution is 7.89. The zero-order valence-electron chi connectivity index (χ0n) is 22.9. The highest BCUT2D eigenvalue weighted by Crippen LogP contribution is 2.46. The molecule has 0 radical (unpaired) electrons. The van der Waals surface area contributed by atoms with E-state index >= 15 is 0 Å². The molecule has 3 aromatic rings. The van der Waals surface area contributed by atoms with Gasteiger partial charge in [-0.1, -0.05) is 6.07 Å². The van der Waals surface area contributed by atoms with Crippen molar-refractivity contribution in [1.29, 1.82) is 0 Å². The minimum Gasteiger partial charge on any atom is -0.325 e. The van der Waals surface area contributed by atoms with Gasteiger partial charge in [-0.05, 0) is 94.4 Å². The average molecular weight is 558 g/mol. The Morgan fingerprint density at radius 3 is 2.36 bits per heavy atom. The summed E-state index contributed by atoms with van der Waals surface area (Å²) in [7, 11) is -0.439. The van der Waals surface area contributed by atoms with Crippen LogP contribution in [0.5, 0.6) is 0 Å². The number of anilines is 1. The molecule has 1 amide bonds.